The molecular formula is C15H27N5. The molecule has 0 saturated carbocycles. The second-order valence-electron chi connectivity index (χ2n) is 5.84. The zero-order valence-corrected chi connectivity index (χ0v) is 13.1. The van der Waals surface area contributed by atoms with Gasteiger partial charge in [-0.2, -0.15) is 4.98 Å². The SMILES string of the molecule is CCCNc1nc(C)cc(NC2CCN(C)C(C)C2)n1. The van der Waals surface area contributed by atoms with E-state index in [1.807, 2.05) is 13.0 Å². The van der Waals surface area contributed by atoms with E-state index in [4.69, 9.17) is 0 Å². The summed E-state index contributed by atoms with van der Waals surface area (Å²) in [7, 11) is 2.20. The number of aromatic nitrogens is 2. The van der Waals surface area contributed by atoms with Crippen molar-refractivity contribution in [2.75, 3.05) is 30.8 Å². The first-order chi connectivity index (χ1) is 9.58. The van der Waals surface area contributed by atoms with Gasteiger partial charge in [-0.25, -0.2) is 4.98 Å². The van der Waals surface area contributed by atoms with Crippen LogP contribution in [0.3, 0.4) is 0 Å². The molecular weight excluding hydrogens is 250 g/mol. The summed E-state index contributed by atoms with van der Waals surface area (Å²) in [4.78, 5) is 11.4. The van der Waals surface area contributed by atoms with Gasteiger partial charge in [0.05, 0.1) is 0 Å². The molecule has 5 nitrogen and oxygen atoms in total. The molecule has 0 aliphatic carbocycles. The number of hydrogen-bond acceptors (Lipinski definition) is 5. The van der Waals surface area contributed by atoms with Gasteiger partial charge in [0.15, 0.2) is 0 Å². The van der Waals surface area contributed by atoms with E-state index in [1.165, 1.54) is 6.42 Å². The quantitative estimate of drug-likeness (QED) is 0.866. The van der Waals surface area contributed by atoms with E-state index in [0.29, 0.717) is 12.1 Å². The Morgan fingerprint density at radius 3 is 2.90 bits per heavy atom. The maximum absolute atomic E-state index is 4.56. The Kier molecular flexibility index (Phi) is 5.17. The van der Waals surface area contributed by atoms with Crippen molar-refractivity contribution < 1.29 is 0 Å². The van der Waals surface area contributed by atoms with E-state index in [2.05, 4.69) is 46.4 Å². The Bertz CT molecular complexity index is 434. The fourth-order valence-electron chi connectivity index (χ4n) is 2.59. The third kappa shape index (κ3) is 4.07. The van der Waals surface area contributed by atoms with Crippen LogP contribution in [0, 0.1) is 6.92 Å². The van der Waals surface area contributed by atoms with Gasteiger partial charge in [0.2, 0.25) is 5.95 Å². The molecule has 1 fully saturated rings. The van der Waals surface area contributed by atoms with Crippen LogP contribution in [0.25, 0.3) is 0 Å². The van der Waals surface area contributed by atoms with Crippen LogP contribution in [0.4, 0.5) is 11.8 Å². The van der Waals surface area contributed by atoms with Crippen molar-refractivity contribution in [3.05, 3.63) is 11.8 Å². The summed E-state index contributed by atoms with van der Waals surface area (Å²) in [5.41, 5.74) is 1.00. The van der Waals surface area contributed by atoms with E-state index >= 15 is 0 Å². The van der Waals surface area contributed by atoms with Gasteiger partial charge in [-0.1, -0.05) is 6.92 Å². The number of aryl methyl sites for hydroxylation is 1. The number of nitrogens with one attached hydrogen (secondary N) is 2. The number of likely N-dealkylation sites (tertiary alicyclic amines) is 1. The number of hydrogen-bond donors (Lipinski definition) is 2. The highest BCUT2D eigenvalue weighted by Crippen LogP contribution is 2.20. The van der Waals surface area contributed by atoms with Crippen LogP contribution in [0.15, 0.2) is 6.07 Å². The third-order valence-electron chi connectivity index (χ3n) is 3.95. The van der Waals surface area contributed by atoms with Crippen LogP contribution in [0.5, 0.6) is 0 Å². The predicted octanol–water partition coefficient (Wildman–Crippen LogP) is 2.50. The molecule has 1 aliphatic heterocycles. The van der Waals surface area contributed by atoms with Crippen LogP contribution >= 0.6 is 0 Å². The highest BCUT2D eigenvalue weighted by Gasteiger charge is 2.22. The molecule has 1 aromatic rings. The maximum atomic E-state index is 4.56. The van der Waals surface area contributed by atoms with Crippen molar-refractivity contribution in [1.29, 1.82) is 0 Å². The lowest BCUT2D eigenvalue weighted by molar-refractivity contribution is 0.190. The lowest BCUT2D eigenvalue weighted by Crippen LogP contribution is -2.42. The molecule has 1 saturated heterocycles. The summed E-state index contributed by atoms with van der Waals surface area (Å²) < 4.78 is 0. The number of anilines is 2. The van der Waals surface area contributed by atoms with Crippen LogP contribution in [0.2, 0.25) is 0 Å². The van der Waals surface area contributed by atoms with E-state index in [0.717, 1.165) is 43.4 Å². The smallest absolute Gasteiger partial charge is 0.224 e. The van der Waals surface area contributed by atoms with Gasteiger partial charge < -0.3 is 15.5 Å². The summed E-state index contributed by atoms with van der Waals surface area (Å²) in [5, 5.41) is 6.83. The van der Waals surface area contributed by atoms with Gasteiger partial charge in [0.1, 0.15) is 5.82 Å². The summed E-state index contributed by atoms with van der Waals surface area (Å²) in [5.74, 6) is 1.67. The molecule has 0 radical (unpaired) electrons. The highest BCUT2D eigenvalue weighted by molar-refractivity contribution is 5.43. The van der Waals surface area contributed by atoms with Gasteiger partial charge in [-0.15, -0.1) is 0 Å². The minimum atomic E-state index is 0.509. The normalized spacial score (nSPS) is 23.6. The van der Waals surface area contributed by atoms with Crippen molar-refractivity contribution in [2.45, 2.75) is 52.1 Å². The molecule has 20 heavy (non-hydrogen) atoms. The van der Waals surface area contributed by atoms with Crippen molar-refractivity contribution in [1.82, 2.24) is 14.9 Å². The Morgan fingerprint density at radius 2 is 2.20 bits per heavy atom. The maximum Gasteiger partial charge on any atom is 0.224 e. The standard InChI is InChI=1S/C15H27N5/c1-5-7-16-15-17-11(2)9-14(19-15)18-13-6-8-20(4)12(3)10-13/h9,12-13H,5-8,10H2,1-4H3,(H2,16,17,18,19). The molecule has 2 atom stereocenters. The zero-order chi connectivity index (χ0) is 14.5. The molecule has 2 unspecified atom stereocenters. The molecule has 0 aromatic carbocycles. The molecule has 1 aromatic heterocycles. The minimum Gasteiger partial charge on any atom is -0.367 e. The predicted molar refractivity (Wildman–Crippen MR) is 84.3 cm³/mol. The lowest BCUT2D eigenvalue weighted by atomic mass is 9.99. The lowest BCUT2D eigenvalue weighted by Gasteiger charge is -2.35. The topological polar surface area (TPSA) is 53.1 Å². The van der Waals surface area contributed by atoms with E-state index in [-0.39, 0.29) is 0 Å². The van der Waals surface area contributed by atoms with Crippen LogP contribution < -0.4 is 10.6 Å². The second-order valence-corrected chi connectivity index (χ2v) is 5.84. The average molecular weight is 277 g/mol. The fraction of sp³-hybridized carbons (Fsp3) is 0.733. The van der Waals surface area contributed by atoms with Crippen molar-refractivity contribution in [3.63, 3.8) is 0 Å². The van der Waals surface area contributed by atoms with Gasteiger partial charge in [-0.3, -0.25) is 0 Å². The van der Waals surface area contributed by atoms with Crippen molar-refractivity contribution in [3.8, 4) is 0 Å². The Morgan fingerprint density at radius 1 is 1.40 bits per heavy atom. The molecule has 2 N–H and O–H groups in total. The van der Waals surface area contributed by atoms with Crippen molar-refractivity contribution >= 4 is 11.8 Å². The molecule has 112 valence electrons. The molecule has 0 amide bonds. The van der Waals surface area contributed by atoms with Gasteiger partial charge in [0, 0.05) is 36.9 Å². The first-order valence-corrected chi connectivity index (χ1v) is 7.64. The minimum absolute atomic E-state index is 0.509. The Hall–Kier alpha value is -1.36. The van der Waals surface area contributed by atoms with E-state index in [1.54, 1.807) is 0 Å². The zero-order valence-electron chi connectivity index (χ0n) is 13.1. The van der Waals surface area contributed by atoms with Crippen molar-refractivity contribution in [2.24, 2.45) is 0 Å². The molecule has 0 bridgehead atoms. The van der Waals surface area contributed by atoms with Crippen LogP contribution in [-0.4, -0.2) is 47.1 Å². The monoisotopic (exact) mass is 277 g/mol. The Balaban J connectivity index is 1.99. The molecule has 0 spiro atoms. The molecule has 5 heteroatoms. The van der Waals surface area contributed by atoms with Gasteiger partial charge >= 0.3 is 0 Å². The number of nitrogens with zero attached hydrogens (tertiary/aromatic N) is 3. The molecule has 1 aliphatic rings. The van der Waals surface area contributed by atoms with E-state index < -0.39 is 0 Å². The fourth-order valence-corrected chi connectivity index (χ4v) is 2.59. The van der Waals surface area contributed by atoms with E-state index in [9.17, 15) is 0 Å². The van der Waals surface area contributed by atoms with Crippen LogP contribution in [0.1, 0.15) is 38.8 Å². The summed E-state index contributed by atoms with van der Waals surface area (Å²) >= 11 is 0. The highest BCUT2D eigenvalue weighted by atomic mass is 15.2. The van der Waals surface area contributed by atoms with Crippen LogP contribution in [-0.2, 0) is 0 Å². The average Bonchev–Trinajstić information content (AvgIpc) is 2.40. The largest absolute Gasteiger partial charge is 0.367 e. The first kappa shape index (κ1) is 15.0. The summed E-state index contributed by atoms with van der Waals surface area (Å²) in [6.45, 7) is 8.49. The summed E-state index contributed by atoms with van der Waals surface area (Å²) in [6, 6.07) is 3.16. The Labute approximate surface area is 122 Å². The number of piperidine rings is 1. The van der Waals surface area contributed by atoms with Gasteiger partial charge in [-0.05, 0) is 40.2 Å². The molecule has 2 rings (SSSR count). The second kappa shape index (κ2) is 6.88. The number of rotatable bonds is 5. The van der Waals surface area contributed by atoms with Gasteiger partial charge in [0.25, 0.3) is 0 Å². The summed E-state index contributed by atoms with van der Waals surface area (Å²) in [6.07, 6.45) is 3.41. The third-order valence-corrected chi connectivity index (χ3v) is 3.95. The first-order valence-electron chi connectivity index (χ1n) is 7.64. The molecule has 2 heterocycles.